The zero-order valence-electron chi connectivity index (χ0n) is 6.24. The van der Waals surface area contributed by atoms with Gasteiger partial charge in [0.05, 0.1) is 7.11 Å². The van der Waals surface area contributed by atoms with Gasteiger partial charge in [0.15, 0.2) is 5.54 Å². The van der Waals surface area contributed by atoms with Crippen LogP contribution in [0.5, 0.6) is 0 Å². The number of carboxylic acid groups (broad SMARTS) is 1. The van der Waals surface area contributed by atoms with Crippen LogP contribution in [0.15, 0.2) is 22.2 Å². The van der Waals surface area contributed by atoms with Crippen LogP contribution >= 0.6 is 0 Å². The van der Waals surface area contributed by atoms with E-state index in [4.69, 9.17) is 9.84 Å². The summed E-state index contributed by atoms with van der Waals surface area (Å²) in [5, 5.41) is 15.7. The molecule has 60 valence electrons. The van der Waals surface area contributed by atoms with Gasteiger partial charge in [-0.2, -0.15) is 5.11 Å². The third kappa shape index (κ3) is 1.21. The van der Waals surface area contributed by atoms with Gasteiger partial charge in [-0.25, -0.2) is 4.79 Å². The molecular weight excluding hydrogens is 148 g/mol. The van der Waals surface area contributed by atoms with Crippen LogP contribution in [0.3, 0.4) is 0 Å². The fourth-order valence-electron chi connectivity index (χ4n) is 0.656. The summed E-state index contributed by atoms with van der Waals surface area (Å²) in [7, 11) is 1.42. The molecule has 5 heteroatoms. The molecule has 0 saturated carbocycles. The normalized spacial score (nSPS) is 28.4. The first-order valence-electron chi connectivity index (χ1n) is 3.01. The summed E-state index contributed by atoms with van der Waals surface area (Å²) in [6.07, 6.45) is 1.36. The molecule has 0 aromatic rings. The molecule has 1 heterocycles. The lowest BCUT2D eigenvalue weighted by Gasteiger charge is -2.07. The maximum absolute atomic E-state index is 10.5. The van der Waals surface area contributed by atoms with Crippen LogP contribution in [0.1, 0.15) is 6.92 Å². The summed E-state index contributed by atoms with van der Waals surface area (Å²) < 4.78 is 4.69. The van der Waals surface area contributed by atoms with Gasteiger partial charge in [-0.1, -0.05) is 0 Å². The lowest BCUT2D eigenvalue weighted by molar-refractivity contribution is -0.140. The summed E-state index contributed by atoms with van der Waals surface area (Å²) >= 11 is 0. The Bertz CT molecular complexity index is 246. The molecule has 0 amide bonds. The summed E-state index contributed by atoms with van der Waals surface area (Å²) in [6.45, 7) is 1.45. The molecule has 0 spiro atoms. The minimum atomic E-state index is -1.24. The van der Waals surface area contributed by atoms with Crippen molar-refractivity contribution in [3.8, 4) is 0 Å². The second-order valence-electron chi connectivity index (χ2n) is 2.34. The Morgan fingerprint density at radius 3 is 2.73 bits per heavy atom. The van der Waals surface area contributed by atoms with Crippen LogP contribution in [-0.4, -0.2) is 23.7 Å². The molecule has 1 N–H and O–H groups in total. The summed E-state index contributed by atoms with van der Waals surface area (Å²) in [5.41, 5.74) is -1.24. The standard InChI is InChI=1S/C6H8N2O3/c1-6(5(9)10)3-4(11-2)7-8-6/h3H,1-2H3,(H,9,10). The van der Waals surface area contributed by atoms with E-state index in [2.05, 4.69) is 10.2 Å². The average Bonchev–Trinajstić information content (AvgIpc) is 2.33. The Balaban J connectivity index is 2.88. The number of carboxylic acids is 1. The quantitative estimate of drug-likeness (QED) is 0.642. The molecule has 1 unspecified atom stereocenters. The lowest BCUT2D eigenvalue weighted by atomic mass is 10.1. The highest BCUT2D eigenvalue weighted by Crippen LogP contribution is 2.23. The molecular formula is C6H8N2O3. The molecule has 0 radical (unpaired) electrons. The van der Waals surface area contributed by atoms with Gasteiger partial charge in [-0.3, -0.25) is 0 Å². The molecule has 0 aromatic heterocycles. The van der Waals surface area contributed by atoms with E-state index in [1.54, 1.807) is 0 Å². The number of methoxy groups -OCH3 is 1. The molecule has 1 aliphatic heterocycles. The van der Waals surface area contributed by atoms with Gasteiger partial charge in [-0.05, 0) is 6.92 Å². The molecule has 1 rings (SSSR count). The van der Waals surface area contributed by atoms with Crippen molar-refractivity contribution in [1.29, 1.82) is 0 Å². The largest absolute Gasteiger partial charge is 0.480 e. The molecule has 0 saturated heterocycles. The van der Waals surface area contributed by atoms with Gasteiger partial charge in [0, 0.05) is 6.08 Å². The fraction of sp³-hybridized carbons (Fsp3) is 0.500. The predicted octanol–water partition coefficient (Wildman–Crippen LogP) is 0.783. The molecule has 0 bridgehead atoms. The van der Waals surface area contributed by atoms with Crippen LogP contribution in [0.4, 0.5) is 0 Å². The third-order valence-corrected chi connectivity index (χ3v) is 1.40. The lowest BCUT2D eigenvalue weighted by Crippen LogP contribution is -2.28. The molecule has 0 aromatic carbocycles. The average molecular weight is 156 g/mol. The first kappa shape index (κ1) is 7.71. The number of carbonyl (C=O) groups is 1. The molecule has 11 heavy (non-hydrogen) atoms. The number of ether oxygens (including phenoxy) is 1. The maximum Gasteiger partial charge on any atom is 0.337 e. The molecule has 0 fully saturated rings. The van der Waals surface area contributed by atoms with E-state index in [9.17, 15) is 4.79 Å². The summed E-state index contributed by atoms with van der Waals surface area (Å²) in [4.78, 5) is 10.5. The second-order valence-corrected chi connectivity index (χ2v) is 2.34. The van der Waals surface area contributed by atoms with Crippen LogP contribution in [0.2, 0.25) is 0 Å². The number of hydrogen-bond donors (Lipinski definition) is 1. The number of rotatable bonds is 2. The minimum Gasteiger partial charge on any atom is -0.480 e. The van der Waals surface area contributed by atoms with Crippen molar-refractivity contribution in [2.45, 2.75) is 12.5 Å². The van der Waals surface area contributed by atoms with E-state index < -0.39 is 11.5 Å². The second kappa shape index (κ2) is 2.34. The Kier molecular flexibility index (Phi) is 1.64. The van der Waals surface area contributed by atoms with Gasteiger partial charge in [0.25, 0.3) is 0 Å². The van der Waals surface area contributed by atoms with Gasteiger partial charge >= 0.3 is 5.97 Å². The number of aliphatic carboxylic acids is 1. The van der Waals surface area contributed by atoms with Crippen molar-refractivity contribution in [2.75, 3.05) is 7.11 Å². The predicted molar refractivity (Wildman–Crippen MR) is 36.0 cm³/mol. The summed E-state index contributed by atoms with van der Waals surface area (Å²) in [6, 6.07) is 0. The first-order valence-corrected chi connectivity index (χ1v) is 3.01. The molecule has 0 aliphatic carbocycles. The zero-order valence-corrected chi connectivity index (χ0v) is 6.24. The van der Waals surface area contributed by atoms with Crippen molar-refractivity contribution < 1.29 is 14.6 Å². The Hall–Kier alpha value is -1.39. The molecule has 1 atom stereocenters. The maximum atomic E-state index is 10.5. The van der Waals surface area contributed by atoms with E-state index >= 15 is 0 Å². The number of nitrogens with zero attached hydrogens (tertiary/aromatic N) is 2. The van der Waals surface area contributed by atoms with Crippen molar-refractivity contribution in [2.24, 2.45) is 10.2 Å². The highest BCUT2D eigenvalue weighted by atomic mass is 16.5. The molecule has 5 nitrogen and oxygen atoms in total. The van der Waals surface area contributed by atoms with E-state index in [1.165, 1.54) is 20.1 Å². The van der Waals surface area contributed by atoms with Gasteiger partial charge in [0.2, 0.25) is 5.88 Å². The SMILES string of the molecule is COC1=CC(C)(C(=O)O)N=N1. The minimum absolute atomic E-state index is 0.245. The van der Waals surface area contributed by atoms with E-state index in [1.807, 2.05) is 0 Å². The fourth-order valence-corrected chi connectivity index (χ4v) is 0.656. The van der Waals surface area contributed by atoms with Crippen LogP contribution in [0.25, 0.3) is 0 Å². The van der Waals surface area contributed by atoms with Crippen molar-refractivity contribution in [1.82, 2.24) is 0 Å². The highest BCUT2D eigenvalue weighted by Gasteiger charge is 2.35. The van der Waals surface area contributed by atoms with E-state index in [0.29, 0.717) is 0 Å². The Morgan fingerprint density at radius 2 is 2.45 bits per heavy atom. The highest BCUT2D eigenvalue weighted by molar-refractivity contribution is 5.81. The first-order chi connectivity index (χ1) is 5.08. The summed E-state index contributed by atoms with van der Waals surface area (Å²) in [5.74, 6) is -0.789. The number of azo groups is 1. The van der Waals surface area contributed by atoms with Crippen molar-refractivity contribution >= 4 is 5.97 Å². The van der Waals surface area contributed by atoms with Crippen LogP contribution in [-0.2, 0) is 9.53 Å². The van der Waals surface area contributed by atoms with E-state index in [0.717, 1.165) is 0 Å². The molecule has 1 aliphatic rings. The van der Waals surface area contributed by atoms with Crippen LogP contribution in [0, 0.1) is 0 Å². The smallest absolute Gasteiger partial charge is 0.337 e. The Labute approximate surface area is 63.4 Å². The van der Waals surface area contributed by atoms with Crippen LogP contribution < -0.4 is 0 Å². The van der Waals surface area contributed by atoms with Gasteiger partial charge in [-0.15, -0.1) is 5.11 Å². The monoisotopic (exact) mass is 156 g/mol. The van der Waals surface area contributed by atoms with Gasteiger partial charge < -0.3 is 9.84 Å². The number of hydrogen-bond acceptors (Lipinski definition) is 4. The zero-order chi connectivity index (χ0) is 8.48. The topological polar surface area (TPSA) is 71.2 Å². The van der Waals surface area contributed by atoms with Gasteiger partial charge in [0.1, 0.15) is 0 Å². The van der Waals surface area contributed by atoms with Crippen molar-refractivity contribution in [3.63, 3.8) is 0 Å². The van der Waals surface area contributed by atoms with Crippen molar-refractivity contribution in [3.05, 3.63) is 12.0 Å². The van der Waals surface area contributed by atoms with E-state index in [-0.39, 0.29) is 5.88 Å². The third-order valence-electron chi connectivity index (χ3n) is 1.40. The Morgan fingerprint density at radius 1 is 1.82 bits per heavy atom.